The highest BCUT2D eigenvalue weighted by Gasteiger charge is 2.27. The second-order valence-electron chi connectivity index (χ2n) is 3.66. The molecular weight excluding hydrogens is 152 g/mol. The third-order valence-corrected chi connectivity index (χ3v) is 2.45. The Hall–Kier alpha value is -0.410. The van der Waals surface area contributed by atoms with E-state index in [-0.39, 0.29) is 0 Å². The highest BCUT2D eigenvalue weighted by molar-refractivity contribution is 5.71. The first kappa shape index (κ1) is 11.6. The molecule has 12 heavy (non-hydrogen) atoms. The van der Waals surface area contributed by atoms with Gasteiger partial charge in [0.2, 0.25) is 0 Å². The van der Waals surface area contributed by atoms with Gasteiger partial charge in [0.25, 0.3) is 0 Å². The van der Waals surface area contributed by atoms with E-state index in [1.807, 2.05) is 26.0 Å². The van der Waals surface area contributed by atoms with E-state index in [1.54, 1.807) is 0 Å². The second-order valence-corrected chi connectivity index (χ2v) is 3.66. The first-order chi connectivity index (χ1) is 5.46. The molecule has 0 heterocycles. The molecule has 3 heteroatoms. The summed E-state index contributed by atoms with van der Waals surface area (Å²) in [6.45, 7) is 6.40. The minimum Gasteiger partial charge on any atom is -0.297 e. The largest absolute Gasteiger partial charge is 0.327 e. The zero-order valence-electron chi connectivity index (χ0n) is 8.92. The Labute approximate surface area is 75.5 Å². The molecule has 0 unspecified atom stereocenters. The molecule has 0 aromatic carbocycles. The van der Waals surface area contributed by atoms with E-state index in [1.165, 1.54) is 0 Å². The van der Waals surface area contributed by atoms with Crippen LogP contribution in [0.25, 0.3) is 0 Å². The fourth-order valence-corrected chi connectivity index (χ4v) is 1.02. The minimum atomic E-state index is 0.296. The maximum absolute atomic E-state index is 11.7. The summed E-state index contributed by atoms with van der Waals surface area (Å²) in [5.41, 5.74) is 0. The molecule has 0 saturated heterocycles. The monoisotopic (exact) mass is 173 g/mol. The number of carbonyl (C=O) groups is 1. The minimum absolute atomic E-state index is 0.296. The van der Waals surface area contributed by atoms with Gasteiger partial charge in [-0.1, -0.05) is 0 Å². The zero-order valence-corrected chi connectivity index (χ0v) is 8.92. The van der Waals surface area contributed by atoms with Crippen molar-refractivity contribution in [3.8, 4) is 0 Å². The Bertz CT molecular complexity index is 151. The predicted octanol–water partition coefficient (Wildman–Crippen LogP) is 0.561. The Morgan fingerprint density at radius 1 is 1.25 bits per heavy atom. The number of rotatable bonds is 4. The number of carbonyl (C=O) groups excluding carboxylic acids is 1. The van der Waals surface area contributed by atoms with Crippen molar-refractivity contribution < 1.29 is 9.28 Å². The summed E-state index contributed by atoms with van der Waals surface area (Å²) in [6.07, 6.45) is 0. The highest BCUT2D eigenvalue weighted by atomic mass is 16.2. The molecule has 0 aromatic heterocycles. The molecule has 0 aromatic rings. The topological polar surface area (TPSA) is 20.3 Å². The standard InChI is InChI=1S/C9H21N2O/c1-6-11(5,7-2)9(12)8-10(3)4/h6-8H2,1-5H3/q+1. The number of quaternary nitrogens is 1. The van der Waals surface area contributed by atoms with Crippen LogP contribution < -0.4 is 0 Å². The summed E-state index contributed by atoms with van der Waals surface area (Å²) in [6, 6.07) is 0. The lowest BCUT2D eigenvalue weighted by Gasteiger charge is -2.29. The molecule has 0 fully saturated rings. The maximum Gasteiger partial charge on any atom is 0.327 e. The van der Waals surface area contributed by atoms with Crippen LogP contribution in [0.5, 0.6) is 0 Å². The molecule has 1 amide bonds. The molecule has 0 N–H and O–H groups in total. The van der Waals surface area contributed by atoms with Crippen molar-refractivity contribution in [1.29, 1.82) is 0 Å². The molecule has 72 valence electrons. The lowest BCUT2D eigenvalue weighted by Crippen LogP contribution is -2.52. The molecule has 0 rings (SSSR count). The lowest BCUT2D eigenvalue weighted by molar-refractivity contribution is -0.830. The molecule has 0 saturated carbocycles. The molecule has 0 aliphatic carbocycles. The van der Waals surface area contributed by atoms with E-state index >= 15 is 0 Å². The van der Waals surface area contributed by atoms with Crippen LogP contribution in [0.1, 0.15) is 13.8 Å². The molecule has 0 bridgehead atoms. The van der Waals surface area contributed by atoms with Crippen molar-refractivity contribution in [2.45, 2.75) is 13.8 Å². The van der Waals surface area contributed by atoms with Gasteiger partial charge >= 0.3 is 5.91 Å². The average molecular weight is 173 g/mol. The van der Waals surface area contributed by atoms with Gasteiger partial charge in [0.1, 0.15) is 6.54 Å². The van der Waals surface area contributed by atoms with Gasteiger partial charge in [-0.3, -0.25) is 9.38 Å². The smallest absolute Gasteiger partial charge is 0.297 e. The van der Waals surface area contributed by atoms with Crippen LogP contribution in [-0.4, -0.2) is 56.1 Å². The van der Waals surface area contributed by atoms with Gasteiger partial charge in [0.15, 0.2) is 0 Å². The summed E-state index contributed by atoms with van der Waals surface area (Å²) in [5.74, 6) is 0.296. The SMILES string of the molecule is CC[N+](C)(CC)C(=O)CN(C)C. The number of hydrogen-bond donors (Lipinski definition) is 0. The third kappa shape index (κ3) is 2.91. The van der Waals surface area contributed by atoms with Crippen molar-refractivity contribution in [1.82, 2.24) is 4.90 Å². The number of likely N-dealkylation sites (N-methyl/N-ethyl adjacent to an activating group) is 2. The highest BCUT2D eigenvalue weighted by Crippen LogP contribution is 2.02. The van der Waals surface area contributed by atoms with Gasteiger partial charge in [-0.15, -0.1) is 0 Å². The first-order valence-corrected chi connectivity index (χ1v) is 4.49. The van der Waals surface area contributed by atoms with Crippen molar-refractivity contribution in [2.75, 3.05) is 40.8 Å². The fourth-order valence-electron chi connectivity index (χ4n) is 1.02. The van der Waals surface area contributed by atoms with E-state index in [0.29, 0.717) is 16.9 Å². The quantitative estimate of drug-likeness (QED) is 0.579. The number of nitrogens with zero attached hydrogens (tertiary/aromatic N) is 2. The molecular formula is C9H21N2O+. The van der Waals surface area contributed by atoms with Crippen molar-refractivity contribution in [3.63, 3.8) is 0 Å². The molecule has 0 aliphatic rings. The van der Waals surface area contributed by atoms with Gasteiger partial charge < -0.3 is 0 Å². The molecule has 0 radical (unpaired) electrons. The fraction of sp³-hybridized carbons (Fsp3) is 0.889. The van der Waals surface area contributed by atoms with Crippen LogP contribution in [0.4, 0.5) is 0 Å². The van der Waals surface area contributed by atoms with Gasteiger partial charge in [-0.25, -0.2) is 4.79 Å². The van der Waals surface area contributed by atoms with Crippen molar-refractivity contribution in [2.24, 2.45) is 0 Å². The normalized spacial score (nSPS) is 12.2. The van der Waals surface area contributed by atoms with Crippen molar-refractivity contribution >= 4 is 5.91 Å². The van der Waals surface area contributed by atoms with Crippen LogP contribution in [-0.2, 0) is 4.79 Å². The number of amides is 1. The van der Waals surface area contributed by atoms with E-state index in [9.17, 15) is 4.79 Å². The predicted molar refractivity (Wildman–Crippen MR) is 50.8 cm³/mol. The van der Waals surface area contributed by atoms with Crippen LogP contribution in [0.3, 0.4) is 0 Å². The Balaban J connectivity index is 4.22. The number of hydrogen-bond acceptors (Lipinski definition) is 2. The van der Waals surface area contributed by atoms with Crippen LogP contribution in [0.2, 0.25) is 0 Å². The Kier molecular flexibility index (Phi) is 4.42. The van der Waals surface area contributed by atoms with Gasteiger partial charge in [-0.05, 0) is 27.9 Å². The summed E-state index contributed by atoms with van der Waals surface area (Å²) < 4.78 is 0.540. The van der Waals surface area contributed by atoms with E-state index in [4.69, 9.17) is 0 Å². The van der Waals surface area contributed by atoms with Crippen LogP contribution in [0.15, 0.2) is 0 Å². The molecule has 0 aliphatic heterocycles. The van der Waals surface area contributed by atoms with Crippen LogP contribution in [0, 0.1) is 0 Å². The Morgan fingerprint density at radius 2 is 1.67 bits per heavy atom. The summed E-state index contributed by atoms with van der Waals surface area (Å²) >= 11 is 0. The third-order valence-electron chi connectivity index (χ3n) is 2.45. The Morgan fingerprint density at radius 3 is 1.92 bits per heavy atom. The molecule has 0 spiro atoms. The van der Waals surface area contributed by atoms with Crippen LogP contribution >= 0.6 is 0 Å². The van der Waals surface area contributed by atoms with E-state index < -0.39 is 0 Å². The van der Waals surface area contributed by atoms with E-state index in [0.717, 1.165) is 13.1 Å². The second kappa shape index (κ2) is 4.58. The zero-order chi connectivity index (χ0) is 9.78. The van der Waals surface area contributed by atoms with Gasteiger partial charge in [-0.2, -0.15) is 0 Å². The van der Waals surface area contributed by atoms with Gasteiger partial charge in [0, 0.05) is 0 Å². The average Bonchev–Trinajstić information content (AvgIpc) is 2.02. The summed E-state index contributed by atoms with van der Waals surface area (Å²) in [7, 11) is 5.84. The van der Waals surface area contributed by atoms with Gasteiger partial charge in [0.05, 0.1) is 20.1 Å². The van der Waals surface area contributed by atoms with E-state index in [2.05, 4.69) is 13.8 Å². The summed E-state index contributed by atoms with van der Waals surface area (Å²) in [4.78, 5) is 13.6. The molecule has 3 nitrogen and oxygen atoms in total. The summed E-state index contributed by atoms with van der Waals surface area (Å²) in [5, 5.41) is 0. The lowest BCUT2D eigenvalue weighted by atomic mass is 10.3. The van der Waals surface area contributed by atoms with Crippen molar-refractivity contribution in [3.05, 3.63) is 0 Å². The maximum atomic E-state index is 11.7. The molecule has 0 atom stereocenters. The first-order valence-electron chi connectivity index (χ1n) is 4.49.